The maximum Gasteiger partial charge on any atom is 0.324 e. The van der Waals surface area contributed by atoms with Gasteiger partial charge in [0.25, 0.3) is 0 Å². The van der Waals surface area contributed by atoms with E-state index in [1.807, 2.05) is 0 Å². The number of rotatable bonds is 5. The fourth-order valence-corrected chi connectivity index (χ4v) is 3.07. The van der Waals surface area contributed by atoms with E-state index in [9.17, 15) is 9.90 Å². The molecule has 3 nitrogen and oxygen atoms in total. The van der Waals surface area contributed by atoms with Crippen molar-refractivity contribution in [3.63, 3.8) is 0 Å². The fraction of sp³-hybridized carbons (Fsp3) is 0.929. The molecule has 0 bridgehead atoms. The van der Waals surface area contributed by atoms with Gasteiger partial charge in [0, 0.05) is 6.04 Å². The van der Waals surface area contributed by atoms with E-state index in [0.29, 0.717) is 12.0 Å². The van der Waals surface area contributed by atoms with E-state index in [-0.39, 0.29) is 0 Å². The first-order chi connectivity index (χ1) is 7.94. The Bertz CT molecular complexity index is 255. The van der Waals surface area contributed by atoms with Crippen molar-refractivity contribution in [2.45, 2.75) is 71.4 Å². The van der Waals surface area contributed by atoms with Gasteiger partial charge in [-0.3, -0.25) is 9.69 Å². The summed E-state index contributed by atoms with van der Waals surface area (Å²) in [5.41, 5.74) is -0.601. The van der Waals surface area contributed by atoms with E-state index < -0.39 is 11.5 Å². The Morgan fingerprint density at radius 1 is 1.41 bits per heavy atom. The Hall–Kier alpha value is -0.570. The minimum absolute atomic E-state index is 0.305. The molecular weight excluding hydrogens is 214 g/mol. The lowest BCUT2D eigenvalue weighted by Gasteiger charge is -2.46. The van der Waals surface area contributed by atoms with Crippen LogP contribution in [0.15, 0.2) is 0 Å². The molecule has 1 N–H and O–H groups in total. The van der Waals surface area contributed by atoms with Gasteiger partial charge in [-0.1, -0.05) is 13.8 Å². The van der Waals surface area contributed by atoms with Crippen LogP contribution in [0.4, 0.5) is 0 Å². The van der Waals surface area contributed by atoms with Gasteiger partial charge in [0.05, 0.1) is 0 Å². The Kier molecular flexibility index (Phi) is 4.99. The molecule has 0 spiro atoms. The summed E-state index contributed by atoms with van der Waals surface area (Å²) in [6.45, 7) is 9.46. The largest absolute Gasteiger partial charge is 0.480 e. The second-order valence-electron chi connectivity index (χ2n) is 5.81. The Morgan fingerprint density at radius 3 is 2.29 bits per heavy atom. The van der Waals surface area contributed by atoms with Gasteiger partial charge >= 0.3 is 5.97 Å². The number of hydrogen-bond acceptors (Lipinski definition) is 2. The molecule has 1 saturated carbocycles. The Balaban J connectivity index is 2.93. The quantitative estimate of drug-likeness (QED) is 0.804. The third-order valence-electron chi connectivity index (χ3n) is 4.14. The van der Waals surface area contributed by atoms with Crippen molar-refractivity contribution in [2.24, 2.45) is 5.92 Å². The molecule has 0 aromatic rings. The normalized spacial score (nSPS) is 29.9. The zero-order valence-corrected chi connectivity index (χ0v) is 11.7. The molecule has 0 aromatic carbocycles. The highest BCUT2D eigenvalue weighted by Crippen LogP contribution is 2.37. The maximum atomic E-state index is 11.8. The molecule has 1 aliphatic carbocycles. The van der Waals surface area contributed by atoms with Crippen molar-refractivity contribution in [3.05, 3.63) is 0 Å². The van der Waals surface area contributed by atoms with Gasteiger partial charge < -0.3 is 5.11 Å². The third-order valence-corrected chi connectivity index (χ3v) is 4.14. The van der Waals surface area contributed by atoms with E-state index >= 15 is 0 Å². The summed E-state index contributed by atoms with van der Waals surface area (Å²) < 4.78 is 0. The van der Waals surface area contributed by atoms with E-state index in [1.165, 1.54) is 0 Å². The SMILES string of the molecule is CCCN(C(C)C)C1(C(=O)O)CCC(C)CC1. The number of carboxylic acid groups (broad SMARTS) is 1. The first-order valence-corrected chi connectivity index (χ1v) is 6.94. The third kappa shape index (κ3) is 3.01. The predicted molar refractivity (Wildman–Crippen MR) is 70.1 cm³/mol. The molecule has 17 heavy (non-hydrogen) atoms. The molecule has 100 valence electrons. The number of aliphatic carboxylic acids is 1. The van der Waals surface area contributed by atoms with Crippen LogP contribution in [0.1, 0.15) is 59.8 Å². The van der Waals surface area contributed by atoms with Crippen LogP contribution in [-0.2, 0) is 4.79 Å². The molecule has 0 saturated heterocycles. The van der Waals surface area contributed by atoms with Crippen LogP contribution >= 0.6 is 0 Å². The highest BCUT2D eigenvalue weighted by molar-refractivity contribution is 5.79. The zero-order valence-electron chi connectivity index (χ0n) is 11.7. The summed E-state index contributed by atoms with van der Waals surface area (Å²) in [5, 5.41) is 9.68. The minimum Gasteiger partial charge on any atom is -0.480 e. The van der Waals surface area contributed by atoms with Crippen molar-refractivity contribution in [2.75, 3.05) is 6.54 Å². The van der Waals surface area contributed by atoms with Crippen LogP contribution < -0.4 is 0 Å². The van der Waals surface area contributed by atoms with Crippen molar-refractivity contribution in [1.82, 2.24) is 4.90 Å². The molecular formula is C14H27NO2. The molecule has 0 aromatic heterocycles. The molecule has 0 aliphatic heterocycles. The molecule has 0 heterocycles. The lowest BCUT2D eigenvalue weighted by Crippen LogP contribution is -2.59. The van der Waals surface area contributed by atoms with Gasteiger partial charge in [0.1, 0.15) is 5.54 Å². The lowest BCUT2D eigenvalue weighted by atomic mass is 9.75. The van der Waals surface area contributed by atoms with Gasteiger partial charge in [-0.25, -0.2) is 0 Å². The van der Waals surface area contributed by atoms with Gasteiger partial charge in [-0.2, -0.15) is 0 Å². The monoisotopic (exact) mass is 241 g/mol. The number of carboxylic acids is 1. The smallest absolute Gasteiger partial charge is 0.324 e. The van der Waals surface area contributed by atoms with Gasteiger partial charge in [-0.05, 0) is 58.4 Å². The molecule has 3 heteroatoms. The maximum absolute atomic E-state index is 11.8. The first-order valence-electron chi connectivity index (χ1n) is 6.94. The summed E-state index contributed by atoms with van der Waals surface area (Å²) in [5.74, 6) is 0.0599. The van der Waals surface area contributed by atoms with Gasteiger partial charge in [-0.15, -0.1) is 0 Å². The van der Waals surface area contributed by atoms with Crippen molar-refractivity contribution in [3.8, 4) is 0 Å². The topological polar surface area (TPSA) is 40.5 Å². The van der Waals surface area contributed by atoms with E-state index in [0.717, 1.165) is 38.6 Å². The van der Waals surface area contributed by atoms with Crippen LogP contribution in [0, 0.1) is 5.92 Å². The first kappa shape index (κ1) is 14.5. The lowest BCUT2D eigenvalue weighted by molar-refractivity contribution is -0.156. The second kappa shape index (κ2) is 5.85. The highest BCUT2D eigenvalue weighted by Gasteiger charge is 2.46. The van der Waals surface area contributed by atoms with Gasteiger partial charge in [0.2, 0.25) is 0 Å². The van der Waals surface area contributed by atoms with Crippen LogP contribution in [0.25, 0.3) is 0 Å². The Labute approximate surface area is 105 Å². The molecule has 0 amide bonds. The molecule has 0 radical (unpaired) electrons. The number of carbonyl (C=O) groups is 1. The standard InChI is InChI=1S/C14H27NO2/c1-5-10-15(11(2)3)14(13(16)17)8-6-12(4)7-9-14/h11-12H,5-10H2,1-4H3,(H,16,17). The zero-order chi connectivity index (χ0) is 13.1. The average molecular weight is 241 g/mol. The molecule has 0 atom stereocenters. The summed E-state index contributed by atoms with van der Waals surface area (Å²) in [6.07, 6.45) is 4.71. The summed E-state index contributed by atoms with van der Waals surface area (Å²) in [6, 6.07) is 0.305. The summed E-state index contributed by atoms with van der Waals surface area (Å²) in [4.78, 5) is 14.0. The van der Waals surface area contributed by atoms with Crippen LogP contribution in [0.3, 0.4) is 0 Å². The average Bonchev–Trinajstić information content (AvgIpc) is 2.27. The molecule has 0 unspecified atom stereocenters. The van der Waals surface area contributed by atoms with E-state index in [2.05, 4.69) is 32.6 Å². The van der Waals surface area contributed by atoms with Crippen LogP contribution in [-0.4, -0.2) is 34.1 Å². The molecule has 1 fully saturated rings. The van der Waals surface area contributed by atoms with Crippen LogP contribution in [0.2, 0.25) is 0 Å². The van der Waals surface area contributed by atoms with Gasteiger partial charge in [0.15, 0.2) is 0 Å². The van der Waals surface area contributed by atoms with E-state index in [4.69, 9.17) is 0 Å². The fourth-order valence-electron chi connectivity index (χ4n) is 3.07. The molecule has 1 rings (SSSR count). The summed E-state index contributed by atoms with van der Waals surface area (Å²) in [7, 11) is 0. The van der Waals surface area contributed by atoms with Crippen molar-refractivity contribution < 1.29 is 9.90 Å². The Morgan fingerprint density at radius 2 is 1.94 bits per heavy atom. The minimum atomic E-state index is -0.619. The number of hydrogen-bond donors (Lipinski definition) is 1. The predicted octanol–water partition coefficient (Wildman–Crippen LogP) is 3.14. The summed E-state index contributed by atoms with van der Waals surface area (Å²) >= 11 is 0. The van der Waals surface area contributed by atoms with E-state index in [1.54, 1.807) is 0 Å². The van der Waals surface area contributed by atoms with Crippen LogP contribution in [0.5, 0.6) is 0 Å². The molecule has 1 aliphatic rings. The van der Waals surface area contributed by atoms with Crippen molar-refractivity contribution >= 4 is 5.97 Å². The number of nitrogens with zero attached hydrogens (tertiary/aromatic N) is 1. The van der Waals surface area contributed by atoms with Crippen molar-refractivity contribution in [1.29, 1.82) is 0 Å². The second-order valence-corrected chi connectivity index (χ2v) is 5.81. The highest BCUT2D eigenvalue weighted by atomic mass is 16.4.